The van der Waals surface area contributed by atoms with Gasteiger partial charge in [0.25, 0.3) is 0 Å². The highest BCUT2D eigenvalue weighted by molar-refractivity contribution is 7.80. The molecule has 2 nitrogen and oxygen atoms in total. The molecule has 0 heterocycles. The largest absolute Gasteiger partial charge is 0.393 e. The fraction of sp³-hybridized carbons (Fsp3) is 0.929. The Hall–Kier alpha value is -0.150. The number of hydrogen-bond donors (Lipinski definition) is 1. The number of nitrogens with zero attached hydrogens (tertiary/aromatic N) is 1. The molecule has 0 aromatic heterocycles. The normalized spacial score (nSPS) is 19.5. The van der Waals surface area contributed by atoms with E-state index < -0.39 is 0 Å². The van der Waals surface area contributed by atoms with Gasteiger partial charge in [0.2, 0.25) is 0 Å². The summed E-state index contributed by atoms with van der Waals surface area (Å²) in [6, 6.07) is 0. The van der Waals surface area contributed by atoms with Crippen LogP contribution in [-0.2, 0) is 0 Å². The van der Waals surface area contributed by atoms with Gasteiger partial charge < -0.3 is 10.6 Å². The molecule has 2 N–H and O–H groups in total. The van der Waals surface area contributed by atoms with Crippen molar-refractivity contribution >= 4 is 17.2 Å². The summed E-state index contributed by atoms with van der Waals surface area (Å²) >= 11 is 5.04. The maximum absolute atomic E-state index is 5.68. The Morgan fingerprint density at radius 1 is 1.35 bits per heavy atom. The van der Waals surface area contributed by atoms with E-state index in [1.165, 1.54) is 45.1 Å². The van der Waals surface area contributed by atoms with Crippen LogP contribution in [0.1, 0.15) is 52.4 Å². The Kier molecular flexibility index (Phi) is 7.05. The zero-order valence-corrected chi connectivity index (χ0v) is 12.3. The van der Waals surface area contributed by atoms with Crippen molar-refractivity contribution in [2.24, 2.45) is 17.6 Å². The molecule has 1 aliphatic rings. The van der Waals surface area contributed by atoms with Crippen molar-refractivity contribution in [1.82, 2.24) is 4.90 Å². The van der Waals surface area contributed by atoms with Crippen LogP contribution in [0.25, 0.3) is 0 Å². The highest BCUT2D eigenvalue weighted by Gasteiger charge is 2.16. The van der Waals surface area contributed by atoms with Gasteiger partial charge in [0.1, 0.15) is 0 Å². The smallest absolute Gasteiger partial charge is 0.0768 e. The van der Waals surface area contributed by atoms with Gasteiger partial charge in [0.15, 0.2) is 0 Å². The molecule has 1 aliphatic carbocycles. The molecule has 0 spiro atoms. The van der Waals surface area contributed by atoms with E-state index in [4.69, 9.17) is 18.0 Å². The molecule has 0 bridgehead atoms. The highest BCUT2D eigenvalue weighted by atomic mass is 32.1. The van der Waals surface area contributed by atoms with Gasteiger partial charge in [-0.05, 0) is 25.4 Å². The summed E-state index contributed by atoms with van der Waals surface area (Å²) in [4.78, 5) is 3.15. The first-order chi connectivity index (χ1) is 8.13. The Morgan fingerprint density at radius 3 is 2.53 bits per heavy atom. The molecular weight excluding hydrogens is 228 g/mol. The van der Waals surface area contributed by atoms with Crippen LogP contribution in [0.3, 0.4) is 0 Å². The van der Waals surface area contributed by atoms with Crippen molar-refractivity contribution in [2.75, 3.05) is 19.6 Å². The van der Waals surface area contributed by atoms with E-state index in [2.05, 4.69) is 18.7 Å². The van der Waals surface area contributed by atoms with E-state index in [1.807, 2.05) is 0 Å². The molecule has 0 aliphatic heterocycles. The summed E-state index contributed by atoms with van der Waals surface area (Å²) in [5.74, 6) is 1.31. The molecule has 17 heavy (non-hydrogen) atoms. The standard InChI is InChI=1S/C14H28N2S/c1-3-16(11-12(2)14(15)17)10-9-13-7-5-4-6-8-13/h12-13H,3-11H2,1-2H3,(H2,15,17). The molecule has 0 amide bonds. The second-order valence-corrected chi connectivity index (χ2v) is 5.96. The van der Waals surface area contributed by atoms with Crippen LogP contribution in [0.15, 0.2) is 0 Å². The molecule has 0 aromatic carbocycles. The van der Waals surface area contributed by atoms with E-state index in [-0.39, 0.29) is 0 Å². The average molecular weight is 256 g/mol. The minimum absolute atomic E-state index is 0.344. The quantitative estimate of drug-likeness (QED) is 0.709. The van der Waals surface area contributed by atoms with Crippen molar-refractivity contribution in [2.45, 2.75) is 52.4 Å². The zero-order valence-electron chi connectivity index (χ0n) is 11.5. The molecule has 1 atom stereocenters. The Labute approximate surface area is 112 Å². The van der Waals surface area contributed by atoms with Crippen LogP contribution >= 0.6 is 12.2 Å². The Morgan fingerprint density at radius 2 is 2.00 bits per heavy atom. The summed E-state index contributed by atoms with van der Waals surface area (Å²) < 4.78 is 0. The molecule has 100 valence electrons. The van der Waals surface area contributed by atoms with Crippen molar-refractivity contribution in [3.05, 3.63) is 0 Å². The molecule has 0 radical (unpaired) electrons. The number of hydrogen-bond acceptors (Lipinski definition) is 2. The van der Waals surface area contributed by atoms with Crippen molar-refractivity contribution in [1.29, 1.82) is 0 Å². The van der Waals surface area contributed by atoms with E-state index in [0.29, 0.717) is 10.9 Å². The van der Waals surface area contributed by atoms with Crippen LogP contribution < -0.4 is 5.73 Å². The third-order valence-electron chi connectivity index (χ3n) is 4.04. The van der Waals surface area contributed by atoms with E-state index in [1.54, 1.807) is 0 Å². The number of thiocarbonyl (C=S) groups is 1. The van der Waals surface area contributed by atoms with Crippen LogP contribution in [0.2, 0.25) is 0 Å². The first-order valence-corrected chi connectivity index (χ1v) is 7.56. The molecule has 1 saturated carbocycles. The number of rotatable bonds is 7. The maximum Gasteiger partial charge on any atom is 0.0768 e. The summed E-state index contributed by atoms with van der Waals surface area (Å²) in [5.41, 5.74) is 5.68. The first-order valence-electron chi connectivity index (χ1n) is 7.15. The minimum Gasteiger partial charge on any atom is -0.393 e. The molecule has 1 fully saturated rings. The topological polar surface area (TPSA) is 29.3 Å². The summed E-state index contributed by atoms with van der Waals surface area (Å²) in [6.45, 7) is 7.71. The highest BCUT2D eigenvalue weighted by Crippen LogP contribution is 2.26. The third-order valence-corrected chi connectivity index (χ3v) is 4.45. The van der Waals surface area contributed by atoms with Gasteiger partial charge >= 0.3 is 0 Å². The Bertz CT molecular complexity index is 224. The van der Waals surface area contributed by atoms with E-state index in [9.17, 15) is 0 Å². The first kappa shape index (κ1) is 14.9. The van der Waals surface area contributed by atoms with Crippen LogP contribution in [-0.4, -0.2) is 29.5 Å². The van der Waals surface area contributed by atoms with Gasteiger partial charge in [-0.25, -0.2) is 0 Å². The Balaban J connectivity index is 2.23. The third kappa shape index (κ3) is 5.82. The molecule has 0 aromatic rings. The van der Waals surface area contributed by atoms with Gasteiger partial charge in [0.05, 0.1) is 4.99 Å². The lowest BCUT2D eigenvalue weighted by molar-refractivity contribution is 0.230. The lowest BCUT2D eigenvalue weighted by Crippen LogP contribution is -2.35. The maximum atomic E-state index is 5.68. The van der Waals surface area contributed by atoms with Gasteiger partial charge in [0, 0.05) is 12.5 Å². The fourth-order valence-electron chi connectivity index (χ4n) is 2.70. The van der Waals surface area contributed by atoms with Crippen LogP contribution in [0, 0.1) is 11.8 Å². The zero-order chi connectivity index (χ0) is 12.7. The fourth-order valence-corrected chi connectivity index (χ4v) is 2.77. The van der Waals surface area contributed by atoms with Gasteiger partial charge in [-0.1, -0.05) is 58.2 Å². The monoisotopic (exact) mass is 256 g/mol. The van der Waals surface area contributed by atoms with Crippen molar-refractivity contribution in [3.8, 4) is 0 Å². The average Bonchev–Trinajstić information content (AvgIpc) is 2.35. The predicted molar refractivity (Wildman–Crippen MR) is 79.3 cm³/mol. The SMILES string of the molecule is CCN(CCC1CCCCC1)CC(C)C(N)=S. The van der Waals surface area contributed by atoms with Gasteiger partial charge in [-0.2, -0.15) is 0 Å². The van der Waals surface area contributed by atoms with Gasteiger partial charge in [-0.3, -0.25) is 0 Å². The molecular formula is C14H28N2S. The van der Waals surface area contributed by atoms with Crippen molar-refractivity contribution in [3.63, 3.8) is 0 Å². The molecule has 1 unspecified atom stereocenters. The summed E-state index contributed by atoms with van der Waals surface area (Å²) in [6.07, 6.45) is 8.59. The van der Waals surface area contributed by atoms with Gasteiger partial charge in [-0.15, -0.1) is 0 Å². The van der Waals surface area contributed by atoms with Crippen LogP contribution in [0.5, 0.6) is 0 Å². The number of nitrogens with two attached hydrogens (primary N) is 1. The minimum atomic E-state index is 0.344. The molecule has 0 saturated heterocycles. The van der Waals surface area contributed by atoms with E-state index >= 15 is 0 Å². The molecule has 3 heteroatoms. The lowest BCUT2D eigenvalue weighted by Gasteiger charge is -2.27. The predicted octanol–water partition coefficient (Wildman–Crippen LogP) is 3.20. The van der Waals surface area contributed by atoms with Crippen LogP contribution in [0.4, 0.5) is 0 Å². The second kappa shape index (κ2) is 8.04. The second-order valence-electron chi connectivity index (χ2n) is 5.49. The molecule has 1 rings (SSSR count). The lowest BCUT2D eigenvalue weighted by atomic mass is 9.87. The van der Waals surface area contributed by atoms with Crippen molar-refractivity contribution < 1.29 is 0 Å². The van der Waals surface area contributed by atoms with E-state index in [0.717, 1.165) is 19.0 Å². The summed E-state index contributed by atoms with van der Waals surface area (Å²) in [5, 5.41) is 0. The summed E-state index contributed by atoms with van der Waals surface area (Å²) in [7, 11) is 0.